The summed E-state index contributed by atoms with van der Waals surface area (Å²) in [5.74, 6) is -3.25. The fourth-order valence-corrected chi connectivity index (χ4v) is 6.80. The summed E-state index contributed by atoms with van der Waals surface area (Å²) in [4.78, 5) is 73.8. The number of anilines is 2. The first-order valence-electron chi connectivity index (χ1n) is 22.7. The normalized spacial score (nSPS) is 10.8. The van der Waals surface area contributed by atoms with Crippen LogP contribution in [0.5, 0.6) is 23.0 Å². The number of esters is 4. The summed E-state index contributed by atoms with van der Waals surface area (Å²) in [5.41, 5.74) is 1.45. The molecule has 73 heavy (non-hydrogen) atoms. The maximum atomic E-state index is 14.4. The molecule has 0 unspecified atom stereocenters. The van der Waals surface area contributed by atoms with Gasteiger partial charge in [0.1, 0.15) is 23.0 Å². The third-order valence-electron chi connectivity index (χ3n) is 10.7. The van der Waals surface area contributed by atoms with E-state index in [-0.39, 0.29) is 35.8 Å². The third kappa shape index (κ3) is 16.0. The number of carbonyl (C=O) groups is 6. The molecular weight excluding hydrogens is 950 g/mol. The van der Waals surface area contributed by atoms with Crippen LogP contribution >= 0.6 is 0 Å². The van der Waals surface area contributed by atoms with E-state index in [9.17, 15) is 41.9 Å². The molecule has 0 bridgehead atoms. The minimum absolute atomic E-state index is 0.136. The fraction of sp³-hybridized carbons (Fsp3) is 0.179. The second-order valence-electron chi connectivity index (χ2n) is 15.9. The van der Waals surface area contributed by atoms with Gasteiger partial charge in [0.15, 0.2) is 0 Å². The Bertz CT molecular complexity index is 2940. The summed E-state index contributed by atoms with van der Waals surface area (Å²) < 4.78 is 75.3. The van der Waals surface area contributed by atoms with Crippen molar-refractivity contribution < 1.29 is 70.4 Å². The number of ether oxygens (including phenoxy) is 6. The van der Waals surface area contributed by atoms with Crippen molar-refractivity contribution >= 4 is 47.1 Å². The Kier molecular flexibility index (Phi) is 18.8. The minimum atomic E-state index is -4.92. The number of benzene rings is 6. The molecule has 2 amide bonds. The van der Waals surface area contributed by atoms with E-state index in [1.807, 2.05) is 0 Å². The molecule has 0 fully saturated rings. The highest BCUT2D eigenvalue weighted by molar-refractivity contribution is 6.43. The van der Waals surface area contributed by atoms with Crippen LogP contribution in [0.3, 0.4) is 0 Å². The average molecular weight is 999 g/mol. The van der Waals surface area contributed by atoms with Gasteiger partial charge in [-0.05, 0) is 157 Å². The van der Waals surface area contributed by atoms with Crippen LogP contribution < -0.4 is 29.6 Å². The number of hydrogen-bond acceptors (Lipinski definition) is 12. The molecule has 0 saturated carbocycles. The molecule has 2 N–H and O–H groups in total. The molecule has 6 aromatic carbocycles. The molecule has 0 heterocycles. The van der Waals surface area contributed by atoms with Crippen LogP contribution in [0.1, 0.15) is 57.5 Å². The molecule has 6 rings (SSSR count). The fourth-order valence-electron chi connectivity index (χ4n) is 6.80. The lowest BCUT2D eigenvalue weighted by Gasteiger charge is -2.16. The molecule has 0 atom stereocenters. The second-order valence-corrected chi connectivity index (χ2v) is 15.9. The molecule has 6 aromatic rings. The molecule has 0 spiro atoms. The van der Waals surface area contributed by atoms with E-state index in [0.717, 1.165) is 35.4 Å². The number of halogens is 3. The van der Waals surface area contributed by atoms with Gasteiger partial charge < -0.3 is 39.1 Å². The average Bonchev–Trinajstić information content (AvgIpc) is 3.39. The molecule has 0 radical (unpaired) electrons. The number of rotatable bonds is 22. The van der Waals surface area contributed by atoms with Crippen molar-refractivity contribution in [2.45, 2.75) is 38.8 Å². The maximum Gasteiger partial charge on any atom is 0.418 e. The van der Waals surface area contributed by atoms with Crippen molar-refractivity contribution in [1.82, 2.24) is 0 Å². The van der Waals surface area contributed by atoms with Gasteiger partial charge in [-0.25, -0.2) is 19.2 Å². The first-order valence-corrected chi connectivity index (χ1v) is 22.7. The van der Waals surface area contributed by atoms with E-state index in [1.54, 1.807) is 85.8 Å². The Morgan fingerprint density at radius 3 is 1.26 bits per heavy atom. The lowest BCUT2D eigenvalue weighted by Crippen LogP contribution is -2.30. The van der Waals surface area contributed by atoms with E-state index in [1.165, 1.54) is 42.5 Å². The van der Waals surface area contributed by atoms with Crippen LogP contribution in [0.25, 0.3) is 22.3 Å². The zero-order valence-corrected chi connectivity index (χ0v) is 39.5. The number of carbonyl (C=O) groups excluding carboxylic acids is 6. The van der Waals surface area contributed by atoms with Gasteiger partial charge in [-0.2, -0.15) is 13.2 Å². The first-order chi connectivity index (χ1) is 35.1. The Labute approximate surface area is 418 Å². The van der Waals surface area contributed by atoms with Gasteiger partial charge in [-0.3, -0.25) is 9.59 Å². The van der Waals surface area contributed by atoms with Gasteiger partial charge in [0.2, 0.25) is 0 Å². The minimum Gasteiger partial charge on any atom is -0.494 e. The predicted octanol–water partition coefficient (Wildman–Crippen LogP) is 11.1. The Morgan fingerprint density at radius 2 is 0.849 bits per heavy atom. The lowest BCUT2D eigenvalue weighted by atomic mass is 10.0. The highest BCUT2D eigenvalue weighted by atomic mass is 19.4. The largest absolute Gasteiger partial charge is 0.494 e. The van der Waals surface area contributed by atoms with Crippen LogP contribution in [0.2, 0.25) is 0 Å². The molecular formula is C56H49F3N2O12. The third-order valence-corrected chi connectivity index (χ3v) is 10.7. The van der Waals surface area contributed by atoms with Gasteiger partial charge >= 0.3 is 41.9 Å². The van der Waals surface area contributed by atoms with Crippen LogP contribution in [0.15, 0.2) is 159 Å². The zero-order valence-electron chi connectivity index (χ0n) is 39.5. The van der Waals surface area contributed by atoms with Crippen molar-refractivity contribution in [2.75, 3.05) is 37.1 Å². The number of hydrogen-bond donors (Lipinski definition) is 2. The van der Waals surface area contributed by atoms with Gasteiger partial charge in [-0.1, -0.05) is 49.6 Å². The van der Waals surface area contributed by atoms with Crippen LogP contribution in [0.4, 0.5) is 24.5 Å². The molecule has 0 aliphatic rings. The highest BCUT2D eigenvalue weighted by Crippen LogP contribution is 2.38. The summed E-state index contributed by atoms with van der Waals surface area (Å²) in [6, 6.07) is 33.4. The van der Waals surface area contributed by atoms with Crippen molar-refractivity contribution in [2.24, 2.45) is 0 Å². The van der Waals surface area contributed by atoms with Crippen molar-refractivity contribution in [3.05, 3.63) is 181 Å². The number of unbranched alkanes of at least 4 members (excludes halogenated alkanes) is 2. The van der Waals surface area contributed by atoms with Crippen LogP contribution in [-0.2, 0) is 34.8 Å². The zero-order chi connectivity index (χ0) is 52.3. The van der Waals surface area contributed by atoms with Gasteiger partial charge in [0, 0.05) is 17.8 Å². The molecule has 14 nitrogen and oxygen atoms in total. The Balaban J connectivity index is 0.977. The van der Waals surface area contributed by atoms with Gasteiger partial charge in [0.05, 0.1) is 48.8 Å². The van der Waals surface area contributed by atoms with E-state index in [0.29, 0.717) is 72.8 Å². The van der Waals surface area contributed by atoms with Crippen molar-refractivity contribution in [3.8, 4) is 45.3 Å². The number of alkyl halides is 3. The molecule has 17 heteroatoms. The molecule has 0 aliphatic carbocycles. The molecule has 0 aliphatic heterocycles. The summed E-state index contributed by atoms with van der Waals surface area (Å²) in [6.07, 6.45) is -0.221. The predicted molar refractivity (Wildman–Crippen MR) is 265 cm³/mol. The Morgan fingerprint density at radius 1 is 0.479 bits per heavy atom. The standard InChI is InChI=1S/C56H49F3N2O12/c1-4-50(62)70-32-8-6-30-68-43-20-14-39(15-21-43)54(66)72-45-24-10-37(11-25-45)41-18-28-48(36(3)34-41)60-52(64)53(65)61-49-29-19-42(35-47(49)56(57,58)59)38-12-26-46(27-13-38)73-55(67)40-16-22-44(23-17-40)69-31-7-9-33-71-51(63)5-2/h4-5,10-29,34-35H,1-2,6-9,30-33H2,3H3,(H,60,64)(H,61,65). The number of aryl methyl sites for hydroxylation is 1. The van der Waals surface area contributed by atoms with Crippen molar-refractivity contribution in [3.63, 3.8) is 0 Å². The van der Waals surface area contributed by atoms with E-state index >= 15 is 0 Å². The second kappa shape index (κ2) is 25.7. The number of amides is 2. The van der Waals surface area contributed by atoms with E-state index in [4.69, 9.17) is 28.4 Å². The van der Waals surface area contributed by atoms with E-state index < -0.39 is 53.1 Å². The highest BCUT2D eigenvalue weighted by Gasteiger charge is 2.35. The number of nitrogens with one attached hydrogen (secondary N) is 2. The smallest absolute Gasteiger partial charge is 0.418 e. The summed E-state index contributed by atoms with van der Waals surface area (Å²) >= 11 is 0. The van der Waals surface area contributed by atoms with Gasteiger partial charge in [-0.15, -0.1) is 0 Å². The van der Waals surface area contributed by atoms with Gasteiger partial charge in [0.25, 0.3) is 0 Å². The summed E-state index contributed by atoms with van der Waals surface area (Å²) in [6.45, 7) is 9.62. The van der Waals surface area contributed by atoms with Crippen molar-refractivity contribution in [1.29, 1.82) is 0 Å². The van der Waals surface area contributed by atoms with E-state index in [2.05, 4.69) is 23.8 Å². The maximum absolute atomic E-state index is 14.4. The Hall–Kier alpha value is -8.99. The molecule has 376 valence electrons. The quantitative estimate of drug-likeness (QED) is 0.0216. The molecule has 0 saturated heterocycles. The lowest BCUT2D eigenvalue weighted by molar-refractivity contribution is -0.138. The SMILES string of the molecule is C=CC(=O)OCCCCOc1ccc(C(=O)Oc2ccc(-c3ccc(NC(=O)C(=O)Nc4ccc(-c5ccc(OC(=O)c6ccc(OCCCCOC(=O)C=C)cc6)cc5)cc4C(F)(F)F)c(C)c3)cc2)cc1. The summed E-state index contributed by atoms with van der Waals surface area (Å²) in [7, 11) is 0. The van der Waals surface area contributed by atoms with Crippen LogP contribution in [-0.4, -0.2) is 62.1 Å². The summed E-state index contributed by atoms with van der Waals surface area (Å²) in [5, 5.41) is 4.54. The first kappa shape index (κ1) is 53.4. The molecule has 0 aromatic heterocycles. The topological polar surface area (TPSA) is 182 Å². The van der Waals surface area contributed by atoms with Crippen LogP contribution in [0, 0.1) is 6.92 Å². The monoisotopic (exact) mass is 998 g/mol.